The van der Waals surface area contributed by atoms with Crippen LogP contribution in [0.25, 0.3) is 0 Å². The average Bonchev–Trinajstić information content (AvgIpc) is 2.61. The van der Waals surface area contributed by atoms with E-state index in [0.717, 1.165) is 19.4 Å². The molecule has 1 aliphatic rings. The summed E-state index contributed by atoms with van der Waals surface area (Å²) in [6.07, 6.45) is 4.26. The van der Waals surface area contributed by atoms with Gasteiger partial charge in [0.1, 0.15) is 9.84 Å². The third-order valence-electron chi connectivity index (χ3n) is 3.46. The Bertz CT molecular complexity index is 470. The lowest BCUT2D eigenvalue weighted by Crippen LogP contribution is -2.33. The average molecular weight is 311 g/mol. The minimum absolute atomic E-state index is 0.105. The summed E-state index contributed by atoms with van der Waals surface area (Å²) in [4.78, 5) is 0. The van der Waals surface area contributed by atoms with Crippen LogP contribution in [-0.2, 0) is 19.7 Å². The standard InChI is InChI=1S/C12H25NO4S2/c1-3-6-13-12(5-7-18(2,14)15)9-11-4-8-19(16,17)10-11/h11-13H,3-10H2,1-2H3. The zero-order valence-corrected chi connectivity index (χ0v) is 13.4. The summed E-state index contributed by atoms with van der Waals surface area (Å²) in [7, 11) is -5.81. The summed E-state index contributed by atoms with van der Waals surface area (Å²) < 4.78 is 45.3. The van der Waals surface area contributed by atoms with Gasteiger partial charge in [-0.2, -0.15) is 0 Å². The number of nitrogens with one attached hydrogen (secondary N) is 1. The van der Waals surface area contributed by atoms with Gasteiger partial charge in [-0.05, 0) is 38.1 Å². The third kappa shape index (κ3) is 7.27. The molecule has 1 rings (SSSR count). The second-order valence-electron chi connectivity index (χ2n) is 5.57. The van der Waals surface area contributed by atoms with Gasteiger partial charge in [0.05, 0.1) is 17.3 Å². The van der Waals surface area contributed by atoms with Gasteiger partial charge in [0.15, 0.2) is 9.84 Å². The monoisotopic (exact) mass is 311 g/mol. The van der Waals surface area contributed by atoms with Crippen LogP contribution in [0.4, 0.5) is 0 Å². The van der Waals surface area contributed by atoms with Crippen LogP contribution in [-0.4, -0.2) is 52.9 Å². The Labute approximate surface area is 117 Å². The largest absolute Gasteiger partial charge is 0.314 e. The first-order chi connectivity index (χ1) is 8.72. The molecule has 1 heterocycles. The SMILES string of the molecule is CCCNC(CCS(C)(=O)=O)CC1CCS(=O)(=O)C1. The van der Waals surface area contributed by atoms with Gasteiger partial charge in [-0.15, -0.1) is 0 Å². The quantitative estimate of drug-likeness (QED) is 0.710. The lowest BCUT2D eigenvalue weighted by Gasteiger charge is -2.21. The van der Waals surface area contributed by atoms with Gasteiger partial charge in [-0.1, -0.05) is 6.92 Å². The van der Waals surface area contributed by atoms with Gasteiger partial charge in [0.2, 0.25) is 0 Å². The summed E-state index contributed by atoms with van der Waals surface area (Å²) in [6.45, 7) is 2.90. The van der Waals surface area contributed by atoms with Crippen molar-refractivity contribution < 1.29 is 16.8 Å². The van der Waals surface area contributed by atoms with E-state index in [1.807, 2.05) is 0 Å². The molecule has 1 saturated heterocycles. The van der Waals surface area contributed by atoms with E-state index in [1.54, 1.807) is 0 Å². The summed E-state index contributed by atoms with van der Waals surface area (Å²) in [6, 6.07) is 0.105. The topological polar surface area (TPSA) is 80.3 Å². The Morgan fingerprint density at radius 3 is 2.53 bits per heavy atom. The van der Waals surface area contributed by atoms with Crippen LogP contribution >= 0.6 is 0 Å². The molecule has 0 aromatic carbocycles. The zero-order valence-electron chi connectivity index (χ0n) is 11.8. The highest BCUT2D eigenvalue weighted by Crippen LogP contribution is 2.24. The van der Waals surface area contributed by atoms with Crippen LogP contribution in [0.15, 0.2) is 0 Å². The maximum absolute atomic E-state index is 11.4. The summed E-state index contributed by atoms with van der Waals surface area (Å²) >= 11 is 0. The first-order valence-electron chi connectivity index (χ1n) is 6.83. The van der Waals surface area contributed by atoms with E-state index in [-0.39, 0.29) is 29.2 Å². The number of rotatable bonds is 8. The van der Waals surface area contributed by atoms with Gasteiger partial charge < -0.3 is 5.32 Å². The predicted octanol–water partition coefficient (Wildman–Crippen LogP) is 0.614. The molecule has 1 aliphatic heterocycles. The van der Waals surface area contributed by atoms with Crippen molar-refractivity contribution in [3.05, 3.63) is 0 Å². The molecule has 0 aliphatic carbocycles. The van der Waals surface area contributed by atoms with E-state index in [0.29, 0.717) is 12.8 Å². The van der Waals surface area contributed by atoms with E-state index in [2.05, 4.69) is 12.2 Å². The Hall–Kier alpha value is -0.140. The second-order valence-corrected chi connectivity index (χ2v) is 10.1. The fourth-order valence-corrected chi connectivity index (χ4v) is 5.06. The molecule has 0 radical (unpaired) electrons. The van der Waals surface area contributed by atoms with Crippen LogP contribution in [0.5, 0.6) is 0 Å². The van der Waals surface area contributed by atoms with E-state index in [4.69, 9.17) is 0 Å². The lowest BCUT2D eigenvalue weighted by atomic mass is 9.98. The molecule has 7 heteroatoms. The highest BCUT2D eigenvalue weighted by Gasteiger charge is 2.29. The van der Waals surface area contributed by atoms with Crippen molar-refractivity contribution in [1.29, 1.82) is 0 Å². The summed E-state index contributed by atoms with van der Waals surface area (Å²) in [5.74, 6) is 0.882. The Morgan fingerprint density at radius 2 is 2.05 bits per heavy atom. The molecule has 114 valence electrons. The van der Waals surface area contributed by atoms with Gasteiger partial charge in [0.25, 0.3) is 0 Å². The van der Waals surface area contributed by atoms with Crippen molar-refractivity contribution in [2.24, 2.45) is 5.92 Å². The highest BCUT2D eigenvalue weighted by atomic mass is 32.2. The van der Waals surface area contributed by atoms with E-state index >= 15 is 0 Å². The molecule has 5 nitrogen and oxygen atoms in total. The zero-order chi connectivity index (χ0) is 14.5. The Kier molecular flexibility index (Phi) is 6.26. The molecule has 19 heavy (non-hydrogen) atoms. The third-order valence-corrected chi connectivity index (χ3v) is 6.28. The van der Waals surface area contributed by atoms with Gasteiger partial charge in [-0.3, -0.25) is 0 Å². The van der Waals surface area contributed by atoms with Crippen LogP contribution in [0.3, 0.4) is 0 Å². The minimum Gasteiger partial charge on any atom is -0.314 e. The van der Waals surface area contributed by atoms with E-state index in [1.165, 1.54) is 6.26 Å². The van der Waals surface area contributed by atoms with Crippen molar-refractivity contribution in [2.75, 3.05) is 30.1 Å². The Balaban J connectivity index is 2.49. The first-order valence-corrected chi connectivity index (χ1v) is 10.7. The van der Waals surface area contributed by atoms with Crippen molar-refractivity contribution in [1.82, 2.24) is 5.32 Å². The van der Waals surface area contributed by atoms with Crippen molar-refractivity contribution in [2.45, 2.75) is 38.6 Å². The molecule has 1 fully saturated rings. The molecule has 0 aromatic heterocycles. The predicted molar refractivity (Wildman–Crippen MR) is 77.8 cm³/mol. The number of hydrogen-bond donors (Lipinski definition) is 1. The van der Waals surface area contributed by atoms with E-state index in [9.17, 15) is 16.8 Å². The molecule has 0 spiro atoms. The van der Waals surface area contributed by atoms with Crippen molar-refractivity contribution in [3.63, 3.8) is 0 Å². The molecular weight excluding hydrogens is 286 g/mol. The fraction of sp³-hybridized carbons (Fsp3) is 1.00. The van der Waals surface area contributed by atoms with Gasteiger partial charge in [-0.25, -0.2) is 16.8 Å². The van der Waals surface area contributed by atoms with Gasteiger partial charge >= 0.3 is 0 Å². The number of sulfone groups is 2. The molecule has 1 N–H and O–H groups in total. The first kappa shape index (κ1) is 16.9. The van der Waals surface area contributed by atoms with Crippen LogP contribution < -0.4 is 5.32 Å². The highest BCUT2D eigenvalue weighted by molar-refractivity contribution is 7.91. The summed E-state index contributed by atoms with van der Waals surface area (Å²) in [5.41, 5.74) is 0. The normalized spacial score (nSPS) is 24.4. The van der Waals surface area contributed by atoms with Crippen molar-refractivity contribution in [3.8, 4) is 0 Å². The number of hydrogen-bond acceptors (Lipinski definition) is 5. The summed E-state index contributed by atoms with van der Waals surface area (Å²) in [5, 5.41) is 3.34. The minimum atomic E-state index is -2.96. The molecule has 0 aromatic rings. The maximum Gasteiger partial charge on any atom is 0.150 e. The second kappa shape index (κ2) is 7.04. The van der Waals surface area contributed by atoms with Crippen LogP contribution in [0, 0.1) is 5.92 Å². The lowest BCUT2D eigenvalue weighted by molar-refractivity contribution is 0.396. The fourth-order valence-electron chi connectivity index (χ4n) is 2.47. The molecule has 2 unspecified atom stereocenters. The molecule has 2 atom stereocenters. The maximum atomic E-state index is 11.4. The molecule has 0 bridgehead atoms. The van der Waals surface area contributed by atoms with Crippen LogP contribution in [0.1, 0.15) is 32.6 Å². The molecule has 0 amide bonds. The molecular formula is C12H25NO4S2. The molecule has 0 saturated carbocycles. The van der Waals surface area contributed by atoms with Crippen molar-refractivity contribution >= 4 is 19.7 Å². The van der Waals surface area contributed by atoms with Crippen LogP contribution in [0.2, 0.25) is 0 Å². The van der Waals surface area contributed by atoms with Gasteiger partial charge in [0, 0.05) is 12.3 Å². The Morgan fingerprint density at radius 1 is 1.37 bits per heavy atom. The smallest absolute Gasteiger partial charge is 0.150 e. The van der Waals surface area contributed by atoms with E-state index < -0.39 is 19.7 Å².